The fourth-order valence-corrected chi connectivity index (χ4v) is 2.07. The highest BCUT2D eigenvalue weighted by Gasteiger charge is 2.42. The molecule has 1 N–H and O–H groups in total. The lowest BCUT2D eigenvalue weighted by atomic mass is 9.98. The number of carbonyl (C=O) groups is 1. The van der Waals surface area contributed by atoms with E-state index >= 15 is 0 Å². The molecular weight excluding hydrogens is 228 g/mol. The number of nitrogens with one attached hydrogen (secondary N) is 1. The zero-order valence-electron chi connectivity index (χ0n) is 11.0. The Morgan fingerprint density at radius 2 is 2.33 bits per heavy atom. The van der Waals surface area contributed by atoms with Crippen LogP contribution >= 0.6 is 0 Å². The molecule has 1 aliphatic carbocycles. The van der Waals surface area contributed by atoms with Gasteiger partial charge in [0.2, 0.25) is 5.91 Å². The summed E-state index contributed by atoms with van der Waals surface area (Å²) in [5.74, 6) is 0.170. The molecule has 0 saturated heterocycles. The van der Waals surface area contributed by atoms with Crippen LogP contribution in [0.5, 0.6) is 0 Å². The Kier molecular flexibility index (Phi) is 3.12. The molecule has 0 aromatic carbocycles. The molecule has 0 unspecified atom stereocenters. The molecule has 0 bridgehead atoms. The van der Waals surface area contributed by atoms with Gasteiger partial charge in [0, 0.05) is 5.69 Å². The zero-order valence-corrected chi connectivity index (χ0v) is 11.0. The quantitative estimate of drug-likeness (QED) is 0.870. The number of nitrogens with zero attached hydrogens (tertiary/aromatic N) is 3. The summed E-state index contributed by atoms with van der Waals surface area (Å²) >= 11 is 0. The first-order valence-corrected chi connectivity index (χ1v) is 6.17. The van der Waals surface area contributed by atoms with Crippen LogP contribution in [0.3, 0.4) is 0 Å². The predicted octanol–water partition coefficient (Wildman–Crippen LogP) is 1.31. The fraction of sp³-hybridized carbons (Fsp3) is 0.615. The molecule has 0 spiro atoms. The van der Waals surface area contributed by atoms with Crippen molar-refractivity contribution in [3.8, 4) is 6.07 Å². The number of rotatable bonds is 4. The minimum absolute atomic E-state index is 0.133. The van der Waals surface area contributed by atoms with Gasteiger partial charge in [0.15, 0.2) is 0 Å². The lowest BCUT2D eigenvalue weighted by molar-refractivity contribution is -0.123. The van der Waals surface area contributed by atoms with E-state index in [1.807, 2.05) is 13.8 Å². The second-order valence-electron chi connectivity index (χ2n) is 5.18. The van der Waals surface area contributed by atoms with Gasteiger partial charge < -0.3 is 9.88 Å². The first kappa shape index (κ1) is 12.6. The SMILES string of the molecule is Cc1ncn(CC(=O)N[C@@](C)(C#N)C2CC2)c1C. The number of nitriles is 1. The molecule has 1 fully saturated rings. The predicted molar refractivity (Wildman–Crippen MR) is 66.6 cm³/mol. The lowest BCUT2D eigenvalue weighted by Gasteiger charge is -2.23. The normalized spacial score (nSPS) is 17.9. The number of imidazole rings is 1. The molecule has 1 atom stereocenters. The minimum Gasteiger partial charge on any atom is -0.336 e. The summed E-state index contributed by atoms with van der Waals surface area (Å²) < 4.78 is 1.80. The largest absolute Gasteiger partial charge is 0.336 e. The van der Waals surface area contributed by atoms with E-state index in [1.165, 1.54) is 0 Å². The molecule has 5 nitrogen and oxygen atoms in total. The number of hydrogen-bond donors (Lipinski definition) is 1. The average Bonchev–Trinajstić information content (AvgIpc) is 3.13. The Hall–Kier alpha value is -1.83. The van der Waals surface area contributed by atoms with Gasteiger partial charge in [0.25, 0.3) is 0 Å². The van der Waals surface area contributed by atoms with Gasteiger partial charge in [0.1, 0.15) is 12.1 Å². The maximum absolute atomic E-state index is 12.0. The Balaban J connectivity index is 2.01. The smallest absolute Gasteiger partial charge is 0.241 e. The van der Waals surface area contributed by atoms with E-state index in [-0.39, 0.29) is 12.5 Å². The van der Waals surface area contributed by atoms with Crippen LogP contribution in [0.1, 0.15) is 31.2 Å². The van der Waals surface area contributed by atoms with Crippen LogP contribution < -0.4 is 5.32 Å². The van der Waals surface area contributed by atoms with Gasteiger partial charge in [-0.1, -0.05) is 0 Å². The second-order valence-corrected chi connectivity index (χ2v) is 5.18. The number of carbonyl (C=O) groups excluding carboxylic acids is 1. The average molecular weight is 246 g/mol. The molecule has 18 heavy (non-hydrogen) atoms. The summed E-state index contributed by atoms with van der Waals surface area (Å²) in [6.45, 7) is 5.86. The van der Waals surface area contributed by atoms with E-state index in [0.717, 1.165) is 24.2 Å². The van der Waals surface area contributed by atoms with E-state index in [4.69, 9.17) is 0 Å². The molecule has 1 amide bonds. The van der Waals surface area contributed by atoms with Gasteiger partial charge >= 0.3 is 0 Å². The van der Waals surface area contributed by atoms with Gasteiger partial charge in [-0.3, -0.25) is 4.79 Å². The summed E-state index contributed by atoms with van der Waals surface area (Å²) in [6, 6.07) is 2.22. The van der Waals surface area contributed by atoms with E-state index in [1.54, 1.807) is 17.8 Å². The van der Waals surface area contributed by atoms with Gasteiger partial charge in [0.05, 0.1) is 18.1 Å². The molecule has 2 rings (SSSR count). The third kappa shape index (κ3) is 2.37. The van der Waals surface area contributed by atoms with Gasteiger partial charge in [-0.15, -0.1) is 0 Å². The maximum Gasteiger partial charge on any atom is 0.241 e. The molecule has 0 radical (unpaired) electrons. The van der Waals surface area contributed by atoms with E-state index in [2.05, 4.69) is 16.4 Å². The number of hydrogen-bond acceptors (Lipinski definition) is 3. The van der Waals surface area contributed by atoms with E-state index in [0.29, 0.717) is 5.92 Å². The van der Waals surface area contributed by atoms with Crippen molar-refractivity contribution >= 4 is 5.91 Å². The fourth-order valence-electron chi connectivity index (χ4n) is 2.07. The van der Waals surface area contributed by atoms with Crippen molar-refractivity contribution in [2.24, 2.45) is 5.92 Å². The van der Waals surface area contributed by atoms with Crippen molar-refractivity contribution in [2.45, 2.75) is 45.7 Å². The number of aromatic nitrogens is 2. The standard InChI is InChI=1S/C13H18N4O/c1-9-10(2)17(8-15-9)6-12(18)16-13(3,7-14)11-4-5-11/h8,11H,4-6H2,1-3H3,(H,16,18)/t13-/m0/s1. The van der Waals surface area contributed by atoms with Crippen molar-refractivity contribution in [1.82, 2.24) is 14.9 Å². The maximum atomic E-state index is 12.0. The number of amides is 1. The molecule has 1 saturated carbocycles. The van der Waals surface area contributed by atoms with Gasteiger partial charge in [-0.25, -0.2) is 4.98 Å². The van der Waals surface area contributed by atoms with Gasteiger partial charge in [-0.2, -0.15) is 5.26 Å². The molecule has 96 valence electrons. The van der Waals surface area contributed by atoms with Crippen molar-refractivity contribution in [2.75, 3.05) is 0 Å². The molecular formula is C13H18N4O. The molecule has 1 aromatic heterocycles. The van der Waals surface area contributed by atoms with Crippen LogP contribution in [-0.2, 0) is 11.3 Å². The minimum atomic E-state index is -0.722. The first-order valence-electron chi connectivity index (χ1n) is 6.17. The van der Waals surface area contributed by atoms with E-state index < -0.39 is 5.54 Å². The molecule has 1 heterocycles. The van der Waals surface area contributed by atoms with Crippen molar-refractivity contribution in [1.29, 1.82) is 5.26 Å². The van der Waals surface area contributed by atoms with Gasteiger partial charge in [-0.05, 0) is 39.5 Å². The van der Waals surface area contributed by atoms with Crippen molar-refractivity contribution in [3.05, 3.63) is 17.7 Å². The monoisotopic (exact) mass is 246 g/mol. The first-order chi connectivity index (χ1) is 8.46. The number of aryl methyl sites for hydroxylation is 1. The zero-order chi connectivity index (χ0) is 13.3. The summed E-state index contributed by atoms with van der Waals surface area (Å²) in [4.78, 5) is 16.1. The van der Waals surface area contributed by atoms with Crippen molar-refractivity contribution < 1.29 is 4.79 Å². The summed E-state index contributed by atoms with van der Waals surface area (Å²) in [7, 11) is 0. The van der Waals surface area contributed by atoms with Crippen LogP contribution in [0, 0.1) is 31.1 Å². The Morgan fingerprint density at radius 1 is 1.67 bits per heavy atom. The van der Waals surface area contributed by atoms with Crippen LogP contribution in [0.15, 0.2) is 6.33 Å². The molecule has 1 aliphatic rings. The second kappa shape index (κ2) is 4.45. The van der Waals surface area contributed by atoms with Crippen LogP contribution in [-0.4, -0.2) is 21.0 Å². The lowest BCUT2D eigenvalue weighted by Crippen LogP contribution is -2.47. The highest BCUT2D eigenvalue weighted by molar-refractivity contribution is 5.77. The van der Waals surface area contributed by atoms with Crippen LogP contribution in [0.4, 0.5) is 0 Å². The summed E-state index contributed by atoms with van der Waals surface area (Å²) in [6.07, 6.45) is 3.70. The van der Waals surface area contributed by atoms with Crippen molar-refractivity contribution in [3.63, 3.8) is 0 Å². The Morgan fingerprint density at radius 3 is 2.78 bits per heavy atom. The highest BCUT2D eigenvalue weighted by atomic mass is 16.2. The van der Waals surface area contributed by atoms with E-state index in [9.17, 15) is 10.1 Å². The Labute approximate surface area is 107 Å². The topological polar surface area (TPSA) is 70.7 Å². The molecule has 1 aromatic rings. The third-order valence-electron chi connectivity index (χ3n) is 3.68. The molecule has 5 heteroatoms. The Bertz CT molecular complexity index is 510. The van der Waals surface area contributed by atoms with Crippen LogP contribution in [0.2, 0.25) is 0 Å². The van der Waals surface area contributed by atoms with Crippen LogP contribution in [0.25, 0.3) is 0 Å². The summed E-state index contributed by atoms with van der Waals surface area (Å²) in [5, 5.41) is 12.0. The third-order valence-corrected chi connectivity index (χ3v) is 3.68. The highest BCUT2D eigenvalue weighted by Crippen LogP contribution is 2.39. The molecule has 0 aliphatic heterocycles. The summed E-state index contributed by atoms with van der Waals surface area (Å²) in [5.41, 5.74) is 1.18.